The van der Waals surface area contributed by atoms with Gasteiger partial charge >= 0.3 is 0 Å². The highest BCUT2D eigenvalue weighted by molar-refractivity contribution is 7.86. The third kappa shape index (κ3) is 4.87. The van der Waals surface area contributed by atoms with Crippen molar-refractivity contribution in [2.45, 2.75) is 44.9 Å². The second kappa shape index (κ2) is 6.99. The fourth-order valence-electron chi connectivity index (χ4n) is 2.05. The van der Waals surface area contributed by atoms with E-state index in [9.17, 15) is 4.21 Å². The molecule has 1 aromatic carbocycles. The molecule has 0 aliphatic carbocycles. The minimum absolute atomic E-state index is 0.127. The number of thiazole rings is 1. The molecule has 116 valence electrons. The Kier molecular flexibility index (Phi) is 5.52. The zero-order chi connectivity index (χ0) is 15.5. The lowest BCUT2D eigenvalue weighted by Gasteiger charge is -2.19. The molecule has 2 atom stereocenters. The van der Waals surface area contributed by atoms with Gasteiger partial charge in [0.25, 0.3) is 0 Å². The molecule has 0 unspecified atom stereocenters. The number of rotatable bonds is 6. The standard InChI is InChI=1S/C16H24N2OS2/c1-12(17-9-10-21(19)16(2,3)4)11-15-18-13-7-5-6-8-14(13)20-15/h5-8,12,17H,9-11H2,1-4H3/t12-,21+/m1/s1. The topological polar surface area (TPSA) is 42.0 Å². The summed E-state index contributed by atoms with van der Waals surface area (Å²) in [6.45, 7) is 9.01. The van der Waals surface area contributed by atoms with Gasteiger partial charge in [-0.3, -0.25) is 4.21 Å². The second-order valence-corrected chi connectivity index (χ2v) is 9.74. The highest BCUT2D eigenvalue weighted by Gasteiger charge is 2.18. The monoisotopic (exact) mass is 324 g/mol. The van der Waals surface area contributed by atoms with E-state index in [4.69, 9.17) is 0 Å². The van der Waals surface area contributed by atoms with Crippen molar-refractivity contribution in [2.24, 2.45) is 0 Å². The van der Waals surface area contributed by atoms with Crippen LogP contribution < -0.4 is 5.32 Å². The maximum Gasteiger partial charge on any atom is 0.0954 e. The fourth-order valence-corrected chi connectivity index (χ4v) is 4.06. The van der Waals surface area contributed by atoms with E-state index in [1.165, 1.54) is 4.70 Å². The summed E-state index contributed by atoms with van der Waals surface area (Å²) in [6.07, 6.45) is 0.918. The summed E-state index contributed by atoms with van der Waals surface area (Å²) in [5.41, 5.74) is 1.08. The number of benzene rings is 1. The van der Waals surface area contributed by atoms with Crippen molar-refractivity contribution in [2.75, 3.05) is 12.3 Å². The van der Waals surface area contributed by atoms with E-state index in [2.05, 4.69) is 29.4 Å². The SMILES string of the molecule is C[C@H](Cc1nc2ccccc2s1)NCC[S@](=O)C(C)(C)C. The number of fused-ring (bicyclic) bond motifs is 1. The number of hydrogen-bond donors (Lipinski definition) is 1. The molecule has 0 amide bonds. The van der Waals surface area contributed by atoms with Gasteiger partial charge < -0.3 is 5.32 Å². The van der Waals surface area contributed by atoms with Crippen LogP contribution in [0.15, 0.2) is 24.3 Å². The molecule has 0 aliphatic heterocycles. The van der Waals surface area contributed by atoms with Crippen LogP contribution in [0.2, 0.25) is 0 Å². The zero-order valence-corrected chi connectivity index (χ0v) is 14.8. The number of nitrogens with one attached hydrogen (secondary N) is 1. The fraction of sp³-hybridized carbons (Fsp3) is 0.562. The summed E-state index contributed by atoms with van der Waals surface area (Å²) in [5.74, 6) is 0.702. The van der Waals surface area contributed by atoms with E-state index in [1.54, 1.807) is 11.3 Å². The molecule has 21 heavy (non-hydrogen) atoms. The highest BCUT2D eigenvalue weighted by atomic mass is 32.2. The Labute approximate surface area is 133 Å². The quantitative estimate of drug-likeness (QED) is 0.886. The van der Waals surface area contributed by atoms with Crippen LogP contribution in [0.25, 0.3) is 10.2 Å². The molecule has 0 radical (unpaired) electrons. The lowest BCUT2D eigenvalue weighted by molar-refractivity contribution is 0.561. The predicted molar refractivity (Wildman–Crippen MR) is 93.6 cm³/mol. The largest absolute Gasteiger partial charge is 0.313 e. The molecule has 1 N–H and O–H groups in total. The van der Waals surface area contributed by atoms with Crippen molar-refractivity contribution in [1.82, 2.24) is 10.3 Å². The van der Waals surface area contributed by atoms with Crippen molar-refractivity contribution in [3.63, 3.8) is 0 Å². The smallest absolute Gasteiger partial charge is 0.0954 e. The molecule has 0 saturated heterocycles. The lowest BCUT2D eigenvalue weighted by Crippen LogP contribution is -2.34. The Morgan fingerprint density at radius 3 is 2.71 bits per heavy atom. The van der Waals surface area contributed by atoms with Gasteiger partial charge in [0, 0.05) is 40.3 Å². The molecule has 0 spiro atoms. The molecular formula is C16H24N2OS2. The average Bonchev–Trinajstić information content (AvgIpc) is 2.79. The molecule has 2 aromatic rings. The maximum atomic E-state index is 12.0. The maximum absolute atomic E-state index is 12.0. The summed E-state index contributed by atoms with van der Waals surface area (Å²) in [5, 5.41) is 4.61. The lowest BCUT2D eigenvalue weighted by atomic mass is 10.2. The Bertz CT molecular complexity index is 583. The van der Waals surface area contributed by atoms with Crippen LogP contribution in [0, 0.1) is 0 Å². The van der Waals surface area contributed by atoms with Crippen molar-refractivity contribution in [3.8, 4) is 0 Å². The van der Waals surface area contributed by atoms with Crippen LogP contribution in [0.1, 0.15) is 32.7 Å². The number of aromatic nitrogens is 1. The summed E-state index contributed by atoms with van der Waals surface area (Å²) in [6, 6.07) is 8.59. The number of hydrogen-bond acceptors (Lipinski definition) is 4. The highest BCUT2D eigenvalue weighted by Crippen LogP contribution is 2.22. The van der Waals surface area contributed by atoms with Gasteiger partial charge in [0.05, 0.1) is 15.2 Å². The molecule has 3 nitrogen and oxygen atoms in total. The summed E-state index contributed by atoms with van der Waals surface area (Å²) in [4.78, 5) is 4.65. The molecule has 0 fully saturated rings. The van der Waals surface area contributed by atoms with Crippen LogP contribution in [0.5, 0.6) is 0 Å². The first-order valence-corrected chi connectivity index (χ1v) is 9.46. The van der Waals surface area contributed by atoms with Gasteiger partial charge in [0.1, 0.15) is 0 Å². The number of nitrogens with zero attached hydrogens (tertiary/aromatic N) is 1. The Hall–Kier alpha value is -0.780. The van der Waals surface area contributed by atoms with Crippen molar-refractivity contribution in [1.29, 1.82) is 0 Å². The second-order valence-electron chi connectivity index (χ2n) is 6.30. The average molecular weight is 325 g/mol. The van der Waals surface area contributed by atoms with Crippen LogP contribution >= 0.6 is 11.3 Å². The first kappa shape index (κ1) is 16.6. The normalized spacial score (nSPS) is 15.2. The van der Waals surface area contributed by atoms with Crippen LogP contribution in [0.4, 0.5) is 0 Å². The molecule has 1 aromatic heterocycles. The van der Waals surface area contributed by atoms with Crippen molar-refractivity contribution in [3.05, 3.63) is 29.3 Å². The van der Waals surface area contributed by atoms with Crippen LogP contribution in [-0.2, 0) is 17.2 Å². The zero-order valence-electron chi connectivity index (χ0n) is 13.2. The third-order valence-corrected chi connectivity index (χ3v) is 6.28. The summed E-state index contributed by atoms with van der Waals surface area (Å²) >= 11 is 1.76. The van der Waals surface area contributed by atoms with E-state index in [-0.39, 0.29) is 4.75 Å². The molecule has 2 rings (SSSR count). The van der Waals surface area contributed by atoms with Gasteiger partial charge in [-0.2, -0.15) is 0 Å². The van der Waals surface area contributed by atoms with Gasteiger partial charge in [-0.25, -0.2) is 4.98 Å². The summed E-state index contributed by atoms with van der Waals surface area (Å²) in [7, 11) is -0.788. The Morgan fingerprint density at radius 1 is 1.33 bits per heavy atom. The van der Waals surface area contributed by atoms with Crippen molar-refractivity contribution >= 4 is 32.4 Å². The molecule has 0 aliphatic rings. The van der Waals surface area contributed by atoms with Crippen LogP contribution in [-0.4, -0.2) is 32.3 Å². The molecule has 0 bridgehead atoms. The number of para-hydroxylation sites is 1. The first-order valence-electron chi connectivity index (χ1n) is 7.32. The van der Waals surface area contributed by atoms with Crippen LogP contribution in [0.3, 0.4) is 0 Å². The minimum Gasteiger partial charge on any atom is -0.313 e. The summed E-state index contributed by atoms with van der Waals surface area (Å²) < 4.78 is 13.1. The van der Waals surface area contributed by atoms with Gasteiger partial charge in [-0.15, -0.1) is 11.3 Å². The van der Waals surface area contributed by atoms with Gasteiger partial charge in [-0.1, -0.05) is 12.1 Å². The Balaban J connectivity index is 1.82. The van der Waals surface area contributed by atoms with E-state index >= 15 is 0 Å². The van der Waals surface area contributed by atoms with Crippen molar-refractivity contribution < 1.29 is 4.21 Å². The van der Waals surface area contributed by atoms with Gasteiger partial charge in [0.2, 0.25) is 0 Å². The first-order chi connectivity index (χ1) is 9.86. The predicted octanol–water partition coefficient (Wildman–Crippen LogP) is 3.36. The minimum atomic E-state index is -0.788. The van der Waals surface area contributed by atoms with E-state index < -0.39 is 10.8 Å². The molecular weight excluding hydrogens is 300 g/mol. The van der Waals surface area contributed by atoms with Gasteiger partial charge in [-0.05, 0) is 39.8 Å². The van der Waals surface area contributed by atoms with E-state index in [0.29, 0.717) is 11.8 Å². The Morgan fingerprint density at radius 2 is 2.05 bits per heavy atom. The molecule has 5 heteroatoms. The molecule has 1 heterocycles. The van der Waals surface area contributed by atoms with E-state index in [1.807, 2.05) is 32.9 Å². The van der Waals surface area contributed by atoms with Gasteiger partial charge in [0.15, 0.2) is 0 Å². The third-order valence-electron chi connectivity index (χ3n) is 3.28. The van der Waals surface area contributed by atoms with E-state index in [0.717, 1.165) is 23.5 Å². The molecule has 0 saturated carbocycles.